The third kappa shape index (κ3) is 2.96. The summed E-state index contributed by atoms with van der Waals surface area (Å²) < 4.78 is 5.83. The van der Waals surface area contributed by atoms with Gasteiger partial charge in [-0.25, -0.2) is 4.98 Å². The topological polar surface area (TPSA) is 50.3 Å². The molecule has 2 atom stereocenters. The summed E-state index contributed by atoms with van der Waals surface area (Å²) in [4.78, 5) is 14.0. The van der Waals surface area contributed by atoms with E-state index in [1.54, 1.807) is 11.3 Å². The molecule has 0 amide bonds. The summed E-state index contributed by atoms with van der Waals surface area (Å²) in [7, 11) is 0. The maximum absolute atomic E-state index is 5.83. The minimum atomic E-state index is 0.223. The molecule has 6 heteroatoms. The third-order valence-corrected chi connectivity index (χ3v) is 4.49. The fourth-order valence-corrected chi connectivity index (χ4v) is 3.73. The molecule has 2 aromatic rings. The molecule has 0 aromatic carbocycles. The highest BCUT2D eigenvalue weighted by Gasteiger charge is 2.25. The lowest BCUT2D eigenvalue weighted by molar-refractivity contribution is -0.00536. The summed E-state index contributed by atoms with van der Waals surface area (Å²) in [5.74, 6) is 1.75. The molecular formula is C15H22N4OS. The molecule has 21 heavy (non-hydrogen) atoms. The van der Waals surface area contributed by atoms with Crippen molar-refractivity contribution in [2.24, 2.45) is 0 Å². The van der Waals surface area contributed by atoms with Crippen molar-refractivity contribution in [1.82, 2.24) is 9.97 Å². The van der Waals surface area contributed by atoms with Crippen molar-refractivity contribution < 1.29 is 4.74 Å². The van der Waals surface area contributed by atoms with Crippen LogP contribution in [0.15, 0.2) is 6.07 Å². The maximum atomic E-state index is 5.83. The van der Waals surface area contributed by atoms with E-state index in [1.807, 2.05) is 0 Å². The van der Waals surface area contributed by atoms with Crippen molar-refractivity contribution in [1.29, 1.82) is 0 Å². The first-order chi connectivity index (χ1) is 10.1. The van der Waals surface area contributed by atoms with E-state index in [0.717, 1.165) is 35.7 Å². The Labute approximate surface area is 129 Å². The highest BCUT2D eigenvalue weighted by atomic mass is 32.1. The average molecular weight is 306 g/mol. The Morgan fingerprint density at radius 1 is 1.33 bits per heavy atom. The molecule has 5 nitrogen and oxygen atoms in total. The first-order valence-electron chi connectivity index (χ1n) is 7.49. The number of rotatable bonds is 3. The second-order valence-electron chi connectivity index (χ2n) is 5.64. The van der Waals surface area contributed by atoms with Gasteiger partial charge < -0.3 is 15.0 Å². The summed E-state index contributed by atoms with van der Waals surface area (Å²) in [6, 6.07) is 2.19. The number of fused-ring (bicyclic) bond motifs is 1. The zero-order valence-electron chi connectivity index (χ0n) is 13.0. The van der Waals surface area contributed by atoms with Crippen LogP contribution in [0.5, 0.6) is 0 Å². The molecule has 0 aliphatic carbocycles. The molecule has 0 radical (unpaired) electrons. The molecule has 0 spiro atoms. The van der Waals surface area contributed by atoms with Gasteiger partial charge in [-0.1, -0.05) is 0 Å². The van der Waals surface area contributed by atoms with Gasteiger partial charge in [-0.05, 0) is 33.8 Å². The van der Waals surface area contributed by atoms with Gasteiger partial charge in [-0.15, -0.1) is 11.3 Å². The van der Waals surface area contributed by atoms with Gasteiger partial charge in [0.15, 0.2) is 0 Å². The number of morpholine rings is 1. The number of aryl methyl sites for hydroxylation is 1. The Balaban J connectivity index is 2.06. The average Bonchev–Trinajstić information content (AvgIpc) is 2.77. The fraction of sp³-hybridized carbons (Fsp3) is 0.600. The van der Waals surface area contributed by atoms with Crippen LogP contribution in [0, 0.1) is 6.92 Å². The van der Waals surface area contributed by atoms with Crippen LogP contribution in [0.4, 0.5) is 11.8 Å². The molecule has 3 rings (SSSR count). The van der Waals surface area contributed by atoms with Gasteiger partial charge >= 0.3 is 0 Å². The van der Waals surface area contributed by atoms with Crippen molar-refractivity contribution in [3.63, 3.8) is 0 Å². The third-order valence-electron chi connectivity index (χ3n) is 3.55. The molecule has 1 saturated heterocycles. The molecule has 3 heterocycles. The highest BCUT2D eigenvalue weighted by Crippen LogP contribution is 2.33. The van der Waals surface area contributed by atoms with Gasteiger partial charge in [0.1, 0.15) is 10.6 Å². The molecule has 1 aliphatic rings. The number of hydrogen-bond donors (Lipinski definition) is 1. The molecule has 1 N–H and O–H groups in total. The Bertz CT molecular complexity index is 632. The number of thiophene rings is 1. The first-order valence-corrected chi connectivity index (χ1v) is 8.31. The second kappa shape index (κ2) is 5.77. The number of aromatic nitrogens is 2. The van der Waals surface area contributed by atoms with Crippen LogP contribution in [0.25, 0.3) is 10.2 Å². The monoisotopic (exact) mass is 306 g/mol. The number of hydrogen-bond acceptors (Lipinski definition) is 6. The van der Waals surface area contributed by atoms with Crippen molar-refractivity contribution in [3.05, 3.63) is 10.9 Å². The first kappa shape index (κ1) is 14.5. The second-order valence-corrected chi connectivity index (χ2v) is 6.87. The largest absolute Gasteiger partial charge is 0.372 e. The van der Waals surface area contributed by atoms with Crippen LogP contribution in [-0.4, -0.2) is 41.8 Å². The number of ether oxygens (including phenoxy) is 1. The summed E-state index contributed by atoms with van der Waals surface area (Å²) in [5, 5.41) is 4.39. The maximum Gasteiger partial charge on any atom is 0.226 e. The van der Waals surface area contributed by atoms with E-state index in [2.05, 4.69) is 49.0 Å². The molecule has 114 valence electrons. The minimum Gasteiger partial charge on any atom is -0.372 e. The van der Waals surface area contributed by atoms with Gasteiger partial charge in [0.2, 0.25) is 5.95 Å². The van der Waals surface area contributed by atoms with Crippen molar-refractivity contribution in [2.75, 3.05) is 29.9 Å². The molecule has 0 saturated carbocycles. The van der Waals surface area contributed by atoms with Crippen molar-refractivity contribution in [3.8, 4) is 0 Å². The van der Waals surface area contributed by atoms with Crippen LogP contribution < -0.4 is 10.2 Å². The molecular weight excluding hydrogens is 284 g/mol. The lowest BCUT2D eigenvalue weighted by Crippen LogP contribution is -2.46. The van der Waals surface area contributed by atoms with Crippen molar-refractivity contribution >= 4 is 33.3 Å². The predicted octanol–water partition coefficient (Wildman–Crippen LogP) is 3.05. The van der Waals surface area contributed by atoms with Gasteiger partial charge in [0.05, 0.1) is 17.6 Å². The number of anilines is 2. The SMILES string of the molecule is CCNc1nc(N2CC(C)OC(C)C2)c2cc(C)sc2n1. The fourth-order valence-electron chi connectivity index (χ4n) is 2.86. The number of nitrogens with zero attached hydrogens (tertiary/aromatic N) is 3. The van der Waals surface area contributed by atoms with Crippen molar-refractivity contribution in [2.45, 2.75) is 39.9 Å². The Morgan fingerprint density at radius 3 is 2.71 bits per heavy atom. The number of nitrogens with one attached hydrogen (secondary N) is 1. The van der Waals surface area contributed by atoms with E-state index >= 15 is 0 Å². The van der Waals surface area contributed by atoms with E-state index in [1.165, 1.54) is 4.88 Å². The molecule has 0 bridgehead atoms. The zero-order chi connectivity index (χ0) is 15.0. The van der Waals surface area contributed by atoms with E-state index < -0.39 is 0 Å². The van der Waals surface area contributed by atoms with E-state index in [9.17, 15) is 0 Å². The summed E-state index contributed by atoms with van der Waals surface area (Å²) in [5.41, 5.74) is 0. The van der Waals surface area contributed by atoms with Gasteiger partial charge in [0.25, 0.3) is 0 Å². The van der Waals surface area contributed by atoms with Crippen LogP contribution >= 0.6 is 11.3 Å². The standard InChI is InChI=1S/C15H22N4OS/c1-5-16-15-17-13(12-6-11(4)21-14(12)18-15)19-7-9(2)20-10(3)8-19/h6,9-10H,5,7-8H2,1-4H3,(H,16,17,18). The van der Waals surface area contributed by atoms with E-state index in [4.69, 9.17) is 9.72 Å². The normalized spacial score (nSPS) is 22.8. The summed E-state index contributed by atoms with van der Waals surface area (Å²) in [6.45, 7) is 11.0. The lowest BCUT2D eigenvalue weighted by Gasteiger charge is -2.36. The van der Waals surface area contributed by atoms with E-state index in [0.29, 0.717) is 5.95 Å². The predicted molar refractivity (Wildman–Crippen MR) is 88.5 cm³/mol. The van der Waals surface area contributed by atoms with Crippen LogP contribution in [-0.2, 0) is 4.74 Å². The Hall–Kier alpha value is -1.40. The smallest absolute Gasteiger partial charge is 0.226 e. The highest BCUT2D eigenvalue weighted by molar-refractivity contribution is 7.18. The Morgan fingerprint density at radius 2 is 2.05 bits per heavy atom. The van der Waals surface area contributed by atoms with Crippen LogP contribution in [0.3, 0.4) is 0 Å². The molecule has 1 fully saturated rings. The summed E-state index contributed by atoms with van der Waals surface area (Å²) in [6.07, 6.45) is 0.446. The van der Waals surface area contributed by atoms with Crippen LogP contribution in [0.2, 0.25) is 0 Å². The molecule has 2 unspecified atom stereocenters. The van der Waals surface area contributed by atoms with E-state index in [-0.39, 0.29) is 12.2 Å². The lowest BCUT2D eigenvalue weighted by atomic mass is 10.2. The van der Waals surface area contributed by atoms with Gasteiger partial charge in [-0.3, -0.25) is 0 Å². The van der Waals surface area contributed by atoms with Crippen LogP contribution in [0.1, 0.15) is 25.6 Å². The molecule has 1 aliphatic heterocycles. The summed E-state index contributed by atoms with van der Waals surface area (Å²) >= 11 is 1.72. The minimum absolute atomic E-state index is 0.223. The molecule has 2 aromatic heterocycles. The zero-order valence-corrected chi connectivity index (χ0v) is 13.8. The van der Waals surface area contributed by atoms with Gasteiger partial charge in [-0.2, -0.15) is 4.98 Å². The van der Waals surface area contributed by atoms with Gasteiger partial charge in [0, 0.05) is 24.5 Å². The quantitative estimate of drug-likeness (QED) is 0.944. The Kier molecular flexibility index (Phi) is 3.99.